The van der Waals surface area contributed by atoms with Crippen LogP contribution in [0.2, 0.25) is 0 Å². The number of hydrogen-bond donors (Lipinski definition) is 2. The number of pyridine rings is 1. The normalized spacial score (nSPS) is 27.4. The zero-order valence-corrected chi connectivity index (χ0v) is 9.72. The molecule has 2 rings (SSSR count). The van der Waals surface area contributed by atoms with Crippen LogP contribution in [-0.4, -0.2) is 35.8 Å². The van der Waals surface area contributed by atoms with E-state index >= 15 is 0 Å². The number of rotatable bonds is 3. The molecule has 3 N–H and O–H groups in total. The van der Waals surface area contributed by atoms with Crippen molar-refractivity contribution in [2.24, 2.45) is 5.73 Å². The zero-order valence-electron chi connectivity index (χ0n) is 9.72. The highest BCUT2D eigenvalue weighted by atomic mass is 16.5. The number of ether oxygens (including phenoxy) is 1. The van der Waals surface area contributed by atoms with Gasteiger partial charge in [0.05, 0.1) is 18.8 Å². The van der Waals surface area contributed by atoms with Gasteiger partial charge in [0.1, 0.15) is 0 Å². The van der Waals surface area contributed by atoms with Crippen molar-refractivity contribution in [1.29, 1.82) is 0 Å². The van der Waals surface area contributed by atoms with Crippen molar-refractivity contribution in [2.75, 3.05) is 13.7 Å². The lowest BCUT2D eigenvalue weighted by Gasteiger charge is -2.44. The fraction of sp³-hybridized carbons (Fsp3) is 0.500. The number of aromatic nitrogens is 1. The van der Waals surface area contributed by atoms with E-state index < -0.39 is 5.97 Å². The molecule has 1 heterocycles. The first-order valence-electron chi connectivity index (χ1n) is 5.54. The van der Waals surface area contributed by atoms with E-state index in [1.807, 2.05) is 0 Å². The summed E-state index contributed by atoms with van der Waals surface area (Å²) in [6.07, 6.45) is 2.46. The maximum absolute atomic E-state index is 11.3. The van der Waals surface area contributed by atoms with Crippen molar-refractivity contribution in [3.63, 3.8) is 0 Å². The fourth-order valence-corrected chi connectivity index (χ4v) is 2.27. The van der Waals surface area contributed by atoms with Crippen molar-refractivity contribution >= 4 is 5.97 Å². The van der Waals surface area contributed by atoms with Crippen molar-refractivity contribution in [3.8, 4) is 0 Å². The first kappa shape index (κ1) is 12.0. The second-order valence-electron chi connectivity index (χ2n) is 4.47. The van der Waals surface area contributed by atoms with Crippen LogP contribution in [0.4, 0.5) is 0 Å². The van der Waals surface area contributed by atoms with Crippen molar-refractivity contribution in [2.45, 2.75) is 24.4 Å². The molecule has 1 saturated carbocycles. The van der Waals surface area contributed by atoms with Gasteiger partial charge in [-0.2, -0.15) is 0 Å². The van der Waals surface area contributed by atoms with Gasteiger partial charge in [0.2, 0.25) is 0 Å². The second kappa shape index (κ2) is 4.43. The number of esters is 1. The number of nitrogens with zero attached hydrogens (tertiary/aromatic N) is 1. The van der Waals surface area contributed by atoms with Crippen molar-refractivity contribution in [3.05, 3.63) is 29.6 Å². The third-order valence-corrected chi connectivity index (χ3v) is 3.37. The quantitative estimate of drug-likeness (QED) is 0.733. The first-order chi connectivity index (χ1) is 8.11. The van der Waals surface area contributed by atoms with Crippen LogP contribution in [0.15, 0.2) is 18.3 Å². The molecule has 1 aromatic heterocycles. The van der Waals surface area contributed by atoms with Crippen LogP contribution >= 0.6 is 0 Å². The highest BCUT2D eigenvalue weighted by Gasteiger charge is 2.44. The first-order valence-corrected chi connectivity index (χ1v) is 5.54. The minimum atomic E-state index is -0.403. The lowest BCUT2D eigenvalue weighted by atomic mass is 9.64. The van der Waals surface area contributed by atoms with E-state index in [0.717, 1.165) is 5.69 Å². The topological polar surface area (TPSA) is 85.4 Å². The van der Waals surface area contributed by atoms with Crippen LogP contribution in [0.25, 0.3) is 0 Å². The molecule has 1 aromatic rings. The summed E-state index contributed by atoms with van der Waals surface area (Å²) < 4.78 is 4.60. The highest BCUT2D eigenvalue weighted by molar-refractivity contribution is 5.88. The summed E-state index contributed by atoms with van der Waals surface area (Å²) in [5, 5.41) is 9.40. The van der Waals surface area contributed by atoms with E-state index in [0.29, 0.717) is 24.9 Å². The Hall–Kier alpha value is -1.46. The number of hydrogen-bond acceptors (Lipinski definition) is 5. The fourth-order valence-electron chi connectivity index (χ4n) is 2.27. The Labute approximate surface area is 99.6 Å². The van der Waals surface area contributed by atoms with Crippen LogP contribution in [-0.2, 0) is 10.2 Å². The van der Waals surface area contributed by atoms with E-state index in [2.05, 4.69) is 9.72 Å². The Morgan fingerprint density at radius 1 is 1.65 bits per heavy atom. The van der Waals surface area contributed by atoms with E-state index in [-0.39, 0.29) is 11.5 Å². The van der Waals surface area contributed by atoms with Crippen LogP contribution < -0.4 is 5.73 Å². The number of carbonyl (C=O) groups excluding carboxylic acids is 1. The second-order valence-corrected chi connectivity index (χ2v) is 4.47. The molecule has 0 aromatic carbocycles. The van der Waals surface area contributed by atoms with E-state index in [4.69, 9.17) is 5.73 Å². The van der Waals surface area contributed by atoms with Gasteiger partial charge in [-0.25, -0.2) is 4.79 Å². The predicted octanol–water partition coefficient (Wildman–Crippen LogP) is 0.219. The number of aliphatic hydroxyl groups excluding tert-OH is 1. The van der Waals surface area contributed by atoms with Gasteiger partial charge in [0.15, 0.2) is 0 Å². The number of methoxy groups -OCH3 is 1. The van der Waals surface area contributed by atoms with Gasteiger partial charge in [-0.05, 0) is 25.0 Å². The summed E-state index contributed by atoms with van der Waals surface area (Å²) >= 11 is 0. The molecule has 5 heteroatoms. The summed E-state index contributed by atoms with van der Waals surface area (Å²) in [5.74, 6) is -0.403. The van der Waals surface area contributed by atoms with E-state index in [1.165, 1.54) is 13.3 Å². The molecule has 0 saturated heterocycles. The number of carbonyl (C=O) groups is 1. The third kappa shape index (κ3) is 2.03. The largest absolute Gasteiger partial charge is 0.465 e. The molecule has 0 bridgehead atoms. The summed E-state index contributed by atoms with van der Waals surface area (Å²) in [6.45, 7) is 0.453. The lowest BCUT2D eigenvalue weighted by molar-refractivity contribution is 0.0200. The van der Waals surface area contributed by atoms with Gasteiger partial charge in [0, 0.05) is 23.9 Å². The van der Waals surface area contributed by atoms with Crippen molar-refractivity contribution < 1.29 is 14.6 Å². The Kier molecular flexibility index (Phi) is 3.13. The standard InChI is InChI=1S/C12H16N2O3/c1-17-11(16)8-2-3-10(14-6-8)12(7-13)4-9(15)5-12/h2-3,6,9,15H,4-5,7,13H2,1H3. The molecule has 0 spiro atoms. The maximum Gasteiger partial charge on any atom is 0.339 e. The molecule has 1 aliphatic rings. The highest BCUT2D eigenvalue weighted by Crippen LogP contribution is 2.42. The predicted molar refractivity (Wildman–Crippen MR) is 61.5 cm³/mol. The molecular weight excluding hydrogens is 220 g/mol. The molecule has 1 aliphatic carbocycles. The van der Waals surface area contributed by atoms with E-state index in [1.54, 1.807) is 12.1 Å². The molecule has 5 nitrogen and oxygen atoms in total. The average Bonchev–Trinajstić information content (AvgIpc) is 2.34. The molecule has 0 amide bonds. The maximum atomic E-state index is 11.3. The van der Waals surface area contributed by atoms with Gasteiger partial charge in [0.25, 0.3) is 0 Å². The molecular formula is C12H16N2O3. The SMILES string of the molecule is COC(=O)c1ccc(C2(CN)CC(O)C2)nc1. The summed E-state index contributed by atoms with van der Waals surface area (Å²) in [6, 6.07) is 3.46. The Morgan fingerprint density at radius 3 is 2.76 bits per heavy atom. The smallest absolute Gasteiger partial charge is 0.339 e. The number of aliphatic hydroxyl groups is 1. The number of nitrogens with two attached hydrogens (primary N) is 1. The molecule has 0 radical (unpaired) electrons. The Morgan fingerprint density at radius 2 is 2.35 bits per heavy atom. The van der Waals surface area contributed by atoms with Gasteiger partial charge in [-0.3, -0.25) is 4.98 Å². The monoisotopic (exact) mass is 236 g/mol. The summed E-state index contributed by atoms with van der Waals surface area (Å²) in [5.41, 5.74) is 6.77. The van der Waals surface area contributed by atoms with Crippen LogP contribution in [0.1, 0.15) is 28.9 Å². The van der Waals surface area contributed by atoms with Gasteiger partial charge < -0.3 is 15.6 Å². The molecule has 0 aliphatic heterocycles. The van der Waals surface area contributed by atoms with Crippen LogP contribution in [0.3, 0.4) is 0 Å². The zero-order chi connectivity index (χ0) is 12.5. The molecule has 17 heavy (non-hydrogen) atoms. The Balaban J connectivity index is 2.20. The third-order valence-electron chi connectivity index (χ3n) is 3.37. The molecule has 1 fully saturated rings. The van der Waals surface area contributed by atoms with Gasteiger partial charge >= 0.3 is 5.97 Å². The summed E-state index contributed by atoms with van der Waals surface area (Å²) in [4.78, 5) is 15.5. The minimum absolute atomic E-state index is 0.228. The van der Waals surface area contributed by atoms with Gasteiger partial charge in [-0.15, -0.1) is 0 Å². The molecule has 92 valence electrons. The van der Waals surface area contributed by atoms with Gasteiger partial charge in [-0.1, -0.05) is 0 Å². The lowest BCUT2D eigenvalue weighted by Crippen LogP contribution is -2.50. The van der Waals surface area contributed by atoms with Crippen LogP contribution in [0, 0.1) is 0 Å². The van der Waals surface area contributed by atoms with Crippen molar-refractivity contribution in [1.82, 2.24) is 4.98 Å². The Bertz CT molecular complexity index is 410. The summed E-state index contributed by atoms with van der Waals surface area (Å²) in [7, 11) is 1.33. The van der Waals surface area contributed by atoms with E-state index in [9.17, 15) is 9.90 Å². The average molecular weight is 236 g/mol. The molecule has 0 unspecified atom stereocenters. The molecule has 0 atom stereocenters. The van der Waals surface area contributed by atoms with Crippen LogP contribution in [0.5, 0.6) is 0 Å². The minimum Gasteiger partial charge on any atom is -0.465 e.